The third-order valence-corrected chi connectivity index (χ3v) is 9.49. The monoisotopic (exact) mass is 328 g/mol. The second kappa shape index (κ2) is 2.76. The molecule has 6 atom stereocenters. The molecule has 6 unspecified atom stereocenters. The van der Waals surface area contributed by atoms with Crippen LogP contribution in [0.15, 0.2) is 0 Å². The van der Waals surface area contributed by atoms with Gasteiger partial charge in [0.15, 0.2) is 0 Å². The van der Waals surface area contributed by atoms with Gasteiger partial charge < -0.3 is 9.47 Å². The summed E-state index contributed by atoms with van der Waals surface area (Å²) in [5.41, 5.74) is -4.29. The van der Waals surface area contributed by atoms with Crippen molar-refractivity contribution in [2.45, 2.75) is 51.4 Å². The maximum absolute atomic E-state index is 13.0. The number of cyclic esters (lactones) is 4. The molecule has 0 aromatic rings. The van der Waals surface area contributed by atoms with Crippen LogP contribution < -0.4 is 0 Å². The summed E-state index contributed by atoms with van der Waals surface area (Å²) >= 11 is 0. The average molecular weight is 328 g/mol. The maximum atomic E-state index is 13.0. The third kappa shape index (κ3) is 0.643. The summed E-state index contributed by atoms with van der Waals surface area (Å²) in [5, 5.41) is 0. The fraction of sp³-hybridized carbons (Fsp3) is 0.778. The van der Waals surface area contributed by atoms with Gasteiger partial charge in [-0.3, -0.25) is 19.2 Å². The van der Waals surface area contributed by atoms with Crippen molar-refractivity contribution in [2.75, 3.05) is 0 Å². The van der Waals surface area contributed by atoms with Gasteiger partial charge in [0.1, 0.15) is 0 Å². The Labute approximate surface area is 137 Å². The standard InChI is InChI=1S/C18H16O6/c19-9-13-6-14(10(20)23-9)8-18(14)16-5-3-1-2-4-15(16,17(13,18)7-13)11(21)24-12(16)22/h1-8H2. The zero-order valence-corrected chi connectivity index (χ0v) is 13.1. The second-order valence-corrected chi connectivity index (χ2v) is 9.23. The molecule has 4 spiro atoms. The molecule has 24 heavy (non-hydrogen) atoms. The van der Waals surface area contributed by atoms with Crippen molar-refractivity contribution >= 4 is 23.9 Å². The Morgan fingerprint density at radius 2 is 1.04 bits per heavy atom. The van der Waals surface area contributed by atoms with Gasteiger partial charge in [-0.2, -0.15) is 0 Å². The molecule has 6 nitrogen and oxygen atoms in total. The molecule has 7 fully saturated rings. The van der Waals surface area contributed by atoms with Crippen molar-refractivity contribution in [1.29, 1.82) is 0 Å². The molecule has 7 rings (SSSR count). The van der Waals surface area contributed by atoms with Gasteiger partial charge >= 0.3 is 23.9 Å². The van der Waals surface area contributed by atoms with Crippen LogP contribution in [0, 0.1) is 32.5 Å². The molecule has 2 heterocycles. The van der Waals surface area contributed by atoms with E-state index < -0.39 is 56.4 Å². The van der Waals surface area contributed by atoms with Crippen LogP contribution in [0.25, 0.3) is 0 Å². The molecule has 7 aliphatic rings. The number of esters is 4. The summed E-state index contributed by atoms with van der Waals surface area (Å²) in [5.74, 6) is -1.76. The van der Waals surface area contributed by atoms with Crippen LogP contribution in [0.5, 0.6) is 0 Å². The number of hydrogen-bond acceptors (Lipinski definition) is 6. The van der Waals surface area contributed by atoms with E-state index in [1.807, 2.05) is 0 Å². The molecular formula is C18H16O6. The molecule has 2 saturated heterocycles. The van der Waals surface area contributed by atoms with Crippen molar-refractivity contribution in [3.63, 3.8) is 0 Å². The van der Waals surface area contributed by atoms with Gasteiger partial charge in [0, 0.05) is 10.8 Å². The predicted molar refractivity (Wildman–Crippen MR) is 73.7 cm³/mol. The van der Waals surface area contributed by atoms with E-state index in [9.17, 15) is 19.2 Å². The highest BCUT2D eigenvalue weighted by molar-refractivity contribution is 6.14. The first kappa shape index (κ1) is 12.6. The van der Waals surface area contributed by atoms with Gasteiger partial charge in [0.05, 0.1) is 21.7 Å². The summed E-state index contributed by atoms with van der Waals surface area (Å²) in [6, 6.07) is 0. The highest BCUT2D eigenvalue weighted by atomic mass is 16.6. The summed E-state index contributed by atoms with van der Waals surface area (Å²) in [7, 11) is 0. The molecule has 0 radical (unpaired) electrons. The van der Waals surface area contributed by atoms with E-state index in [0.29, 0.717) is 32.1 Å². The van der Waals surface area contributed by atoms with E-state index in [4.69, 9.17) is 9.47 Å². The number of carbonyl (C=O) groups is 4. The summed E-state index contributed by atoms with van der Waals surface area (Å²) in [4.78, 5) is 51.2. The molecule has 124 valence electrons. The van der Waals surface area contributed by atoms with Gasteiger partial charge in [-0.15, -0.1) is 0 Å². The molecule has 2 bridgehead atoms. The van der Waals surface area contributed by atoms with E-state index in [1.165, 1.54) is 0 Å². The summed E-state index contributed by atoms with van der Waals surface area (Å²) < 4.78 is 10.4. The van der Waals surface area contributed by atoms with Gasteiger partial charge in [-0.25, -0.2) is 0 Å². The molecule has 6 heteroatoms. The Bertz CT molecular complexity index is 796. The summed E-state index contributed by atoms with van der Waals surface area (Å²) in [6.07, 6.45) is 5.62. The molecule has 2 aliphatic heterocycles. The zero-order valence-electron chi connectivity index (χ0n) is 13.1. The maximum Gasteiger partial charge on any atom is 0.321 e. The minimum absolute atomic E-state index is 0.424. The number of carbonyl (C=O) groups excluding carboxylic acids is 4. The van der Waals surface area contributed by atoms with Crippen LogP contribution in [0.1, 0.15) is 51.4 Å². The van der Waals surface area contributed by atoms with Gasteiger partial charge in [-0.1, -0.05) is 19.3 Å². The zero-order chi connectivity index (χ0) is 16.4. The lowest BCUT2D eigenvalue weighted by Gasteiger charge is -2.64. The second-order valence-electron chi connectivity index (χ2n) is 9.23. The van der Waals surface area contributed by atoms with Gasteiger partial charge in [-0.05, 0) is 32.1 Å². The molecule has 0 N–H and O–H groups in total. The number of rotatable bonds is 0. The Balaban J connectivity index is 1.61. The van der Waals surface area contributed by atoms with Crippen LogP contribution in [0.2, 0.25) is 0 Å². The van der Waals surface area contributed by atoms with Gasteiger partial charge in [0.25, 0.3) is 0 Å². The van der Waals surface area contributed by atoms with Crippen LogP contribution in [-0.2, 0) is 28.7 Å². The Morgan fingerprint density at radius 3 is 1.54 bits per heavy atom. The molecule has 0 aromatic heterocycles. The first-order chi connectivity index (χ1) is 11.4. The predicted octanol–water partition coefficient (Wildman–Crippen LogP) is 1.26. The van der Waals surface area contributed by atoms with Crippen LogP contribution in [0.3, 0.4) is 0 Å². The Hall–Kier alpha value is -1.72. The Kier molecular flexibility index (Phi) is 1.45. The van der Waals surface area contributed by atoms with Crippen molar-refractivity contribution in [2.24, 2.45) is 32.5 Å². The quantitative estimate of drug-likeness (QED) is 0.491. The highest BCUT2D eigenvalue weighted by Gasteiger charge is 3.17. The van der Waals surface area contributed by atoms with Crippen molar-refractivity contribution < 1.29 is 28.7 Å². The first-order valence-corrected chi connectivity index (χ1v) is 8.96. The van der Waals surface area contributed by atoms with E-state index in [-0.39, 0.29) is 0 Å². The lowest BCUT2D eigenvalue weighted by atomic mass is 9.31. The van der Waals surface area contributed by atoms with Crippen molar-refractivity contribution in [3.05, 3.63) is 0 Å². The molecule has 5 aliphatic carbocycles. The first-order valence-electron chi connectivity index (χ1n) is 8.96. The molecule has 5 saturated carbocycles. The summed E-state index contributed by atoms with van der Waals surface area (Å²) in [6.45, 7) is 0. The average Bonchev–Trinajstić information content (AvgIpc) is 3.38. The smallest absolute Gasteiger partial charge is 0.321 e. The van der Waals surface area contributed by atoms with E-state index in [0.717, 1.165) is 19.3 Å². The largest absolute Gasteiger partial charge is 0.392 e. The fourth-order valence-electron chi connectivity index (χ4n) is 9.28. The molecule has 0 amide bonds. The van der Waals surface area contributed by atoms with Gasteiger partial charge in [0.2, 0.25) is 0 Å². The normalized spacial score (nSPS) is 63.7. The third-order valence-electron chi connectivity index (χ3n) is 9.49. The van der Waals surface area contributed by atoms with Crippen molar-refractivity contribution in [1.82, 2.24) is 0 Å². The van der Waals surface area contributed by atoms with E-state index in [2.05, 4.69) is 0 Å². The minimum atomic E-state index is -0.879. The fourth-order valence-corrected chi connectivity index (χ4v) is 9.28. The molecule has 0 aromatic carbocycles. The number of ether oxygens (including phenoxy) is 2. The SMILES string of the molecule is O=C1OC(=O)C23CC14CC41C45CCCCCC4(C(=O)OC5=O)C21C3. The van der Waals surface area contributed by atoms with Crippen LogP contribution >= 0.6 is 0 Å². The minimum Gasteiger partial charge on any atom is -0.392 e. The lowest BCUT2D eigenvalue weighted by Crippen LogP contribution is -2.71. The molecular weight excluding hydrogens is 312 g/mol. The topological polar surface area (TPSA) is 86.7 Å². The van der Waals surface area contributed by atoms with Crippen molar-refractivity contribution in [3.8, 4) is 0 Å². The van der Waals surface area contributed by atoms with E-state index in [1.54, 1.807) is 0 Å². The number of hydrogen-bond donors (Lipinski definition) is 0. The van der Waals surface area contributed by atoms with Crippen LogP contribution in [0.4, 0.5) is 0 Å². The highest BCUT2D eigenvalue weighted by Crippen LogP contribution is 3.13. The van der Waals surface area contributed by atoms with E-state index >= 15 is 0 Å². The lowest BCUT2D eigenvalue weighted by molar-refractivity contribution is -0.229. The Morgan fingerprint density at radius 1 is 0.583 bits per heavy atom. The van der Waals surface area contributed by atoms with Crippen LogP contribution in [-0.4, -0.2) is 23.9 Å².